The van der Waals surface area contributed by atoms with E-state index in [1.54, 1.807) is 24.3 Å². The second kappa shape index (κ2) is 6.39. The van der Waals surface area contributed by atoms with Crippen molar-refractivity contribution in [1.82, 2.24) is 0 Å². The van der Waals surface area contributed by atoms with Gasteiger partial charge in [-0.2, -0.15) is 5.26 Å². The average molecular weight is 286 g/mol. The molecule has 2 aromatic carbocycles. The van der Waals surface area contributed by atoms with Crippen LogP contribution in [0.3, 0.4) is 0 Å². The van der Waals surface area contributed by atoms with Crippen LogP contribution in [-0.4, -0.2) is 17.6 Å². The number of phenolic OH excluding ortho intramolecular Hbond substituents is 1. The number of benzene rings is 2. The van der Waals surface area contributed by atoms with Gasteiger partial charge in [0, 0.05) is 5.69 Å². The highest BCUT2D eigenvalue weighted by Crippen LogP contribution is 2.21. The first-order chi connectivity index (χ1) is 10.1. The number of anilines is 1. The lowest BCUT2D eigenvalue weighted by atomic mass is 10.1. The fourth-order valence-corrected chi connectivity index (χ4v) is 1.64. The van der Waals surface area contributed by atoms with Gasteiger partial charge in [-0.15, -0.1) is 0 Å². The Morgan fingerprint density at radius 2 is 2.00 bits per heavy atom. The normalized spacial score (nSPS) is 9.71. The van der Waals surface area contributed by atoms with Crippen molar-refractivity contribution in [2.75, 3.05) is 11.9 Å². The van der Waals surface area contributed by atoms with Gasteiger partial charge in [-0.1, -0.05) is 0 Å². The minimum Gasteiger partial charge on any atom is -0.507 e. The second-order valence-electron chi connectivity index (χ2n) is 4.09. The number of amides is 1. The maximum Gasteiger partial charge on any atom is 0.259 e. The number of hydrogen-bond acceptors (Lipinski definition) is 4. The molecule has 0 bridgehead atoms. The van der Waals surface area contributed by atoms with Gasteiger partial charge in [-0.3, -0.25) is 4.79 Å². The van der Waals surface area contributed by atoms with E-state index in [0.717, 1.165) is 18.2 Å². The third-order valence-corrected chi connectivity index (χ3v) is 2.62. The summed E-state index contributed by atoms with van der Waals surface area (Å²) < 4.78 is 18.2. The summed E-state index contributed by atoms with van der Waals surface area (Å²) in [6.45, 7) is -0.0666. The molecule has 0 saturated carbocycles. The number of nitrogens with one attached hydrogen (secondary N) is 1. The largest absolute Gasteiger partial charge is 0.507 e. The number of nitrogens with zero attached hydrogens (tertiary/aromatic N) is 1. The Hall–Kier alpha value is -3.07. The van der Waals surface area contributed by atoms with Gasteiger partial charge >= 0.3 is 0 Å². The molecule has 2 N–H and O–H groups in total. The number of carbonyl (C=O) groups is 1. The summed E-state index contributed by atoms with van der Waals surface area (Å²) >= 11 is 0. The third kappa shape index (κ3) is 3.70. The highest BCUT2D eigenvalue weighted by Gasteiger charge is 2.12. The molecular weight excluding hydrogens is 275 g/mol. The van der Waals surface area contributed by atoms with Crippen molar-refractivity contribution in [3.05, 3.63) is 53.8 Å². The molecule has 6 heteroatoms. The third-order valence-electron chi connectivity index (χ3n) is 2.62. The van der Waals surface area contributed by atoms with Crippen LogP contribution in [-0.2, 0) is 0 Å². The molecule has 0 atom stereocenters. The standard InChI is InChI=1S/C15H11FN2O3/c16-10-1-6-14(19)13(9-10)15(20)18-11-2-4-12(5-3-11)21-8-7-17/h1-6,9,19H,8H2,(H,18,20). The first kappa shape index (κ1) is 14.3. The van der Waals surface area contributed by atoms with E-state index in [4.69, 9.17) is 10.00 Å². The molecule has 5 nitrogen and oxygen atoms in total. The Morgan fingerprint density at radius 3 is 2.67 bits per heavy atom. The zero-order chi connectivity index (χ0) is 15.2. The molecule has 0 fully saturated rings. The summed E-state index contributed by atoms with van der Waals surface area (Å²) in [5, 5.41) is 20.5. The minimum absolute atomic E-state index is 0.0666. The van der Waals surface area contributed by atoms with Crippen LogP contribution in [0.25, 0.3) is 0 Å². The number of hydrogen-bond donors (Lipinski definition) is 2. The van der Waals surface area contributed by atoms with Gasteiger partial charge in [0.15, 0.2) is 6.61 Å². The molecule has 0 saturated heterocycles. The van der Waals surface area contributed by atoms with Crippen molar-refractivity contribution >= 4 is 11.6 Å². The molecule has 106 valence electrons. The SMILES string of the molecule is N#CCOc1ccc(NC(=O)c2cc(F)ccc2O)cc1. The van der Waals surface area contributed by atoms with Crippen molar-refractivity contribution < 1.29 is 19.0 Å². The van der Waals surface area contributed by atoms with E-state index < -0.39 is 11.7 Å². The van der Waals surface area contributed by atoms with E-state index in [-0.39, 0.29) is 17.9 Å². The van der Waals surface area contributed by atoms with Crippen LogP contribution in [0.1, 0.15) is 10.4 Å². The van der Waals surface area contributed by atoms with E-state index in [1.165, 1.54) is 0 Å². The summed E-state index contributed by atoms with van der Waals surface area (Å²) in [6.07, 6.45) is 0. The molecule has 0 unspecified atom stereocenters. The molecular formula is C15H11FN2O3. The number of aromatic hydroxyl groups is 1. The Bertz CT molecular complexity index is 693. The Labute approximate surface area is 120 Å². The molecule has 0 spiro atoms. The summed E-state index contributed by atoms with van der Waals surface area (Å²) in [7, 11) is 0. The fourth-order valence-electron chi connectivity index (χ4n) is 1.64. The zero-order valence-electron chi connectivity index (χ0n) is 10.8. The Morgan fingerprint density at radius 1 is 1.29 bits per heavy atom. The Kier molecular flexibility index (Phi) is 4.36. The zero-order valence-corrected chi connectivity index (χ0v) is 10.8. The van der Waals surface area contributed by atoms with Gasteiger partial charge in [0.25, 0.3) is 5.91 Å². The summed E-state index contributed by atoms with van der Waals surface area (Å²) in [5.41, 5.74) is 0.299. The molecule has 0 radical (unpaired) electrons. The predicted molar refractivity (Wildman–Crippen MR) is 73.6 cm³/mol. The smallest absolute Gasteiger partial charge is 0.259 e. The number of carbonyl (C=O) groups excluding carboxylic acids is 1. The highest BCUT2D eigenvalue weighted by atomic mass is 19.1. The highest BCUT2D eigenvalue weighted by molar-refractivity contribution is 6.06. The molecule has 1 amide bonds. The van der Waals surface area contributed by atoms with Gasteiger partial charge < -0.3 is 15.2 Å². The molecule has 21 heavy (non-hydrogen) atoms. The fraction of sp³-hybridized carbons (Fsp3) is 0.0667. The average Bonchev–Trinajstić information content (AvgIpc) is 2.49. The monoisotopic (exact) mass is 286 g/mol. The van der Waals surface area contributed by atoms with E-state index >= 15 is 0 Å². The first-order valence-electron chi connectivity index (χ1n) is 6.00. The van der Waals surface area contributed by atoms with Crippen LogP contribution in [0.2, 0.25) is 0 Å². The summed E-state index contributed by atoms with van der Waals surface area (Å²) in [5.74, 6) is -1.05. The minimum atomic E-state index is -0.627. The van der Waals surface area contributed by atoms with Gasteiger partial charge in [0.05, 0.1) is 5.56 Å². The molecule has 0 aliphatic carbocycles. The lowest BCUT2D eigenvalue weighted by molar-refractivity contribution is 0.102. The number of phenols is 1. The van der Waals surface area contributed by atoms with E-state index in [2.05, 4.69) is 5.32 Å². The van der Waals surface area contributed by atoms with Crippen LogP contribution in [0.4, 0.5) is 10.1 Å². The number of nitriles is 1. The maximum absolute atomic E-state index is 13.1. The predicted octanol–water partition coefficient (Wildman–Crippen LogP) is 2.69. The van der Waals surface area contributed by atoms with Gasteiger partial charge in [-0.25, -0.2) is 4.39 Å². The van der Waals surface area contributed by atoms with Crippen LogP contribution < -0.4 is 10.1 Å². The second-order valence-corrected chi connectivity index (χ2v) is 4.09. The number of ether oxygens (including phenoxy) is 1. The quantitative estimate of drug-likeness (QED) is 0.905. The number of halogens is 1. The van der Waals surface area contributed by atoms with Crippen molar-refractivity contribution in [3.8, 4) is 17.6 Å². The first-order valence-corrected chi connectivity index (χ1v) is 6.00. The van der Waals surface area contributed by atoms with Crippen molar-refractivity contribution in [3.63, 3.8) is 0 Å². The number of rotatable bonds is 4. The molecule has 0 aliphatic heterocycles. The van der Waals surface area contributed by atoms with Crippen LogP contribution in [0, 0.1) is 17.1 Å². The van der Waals surface area contributed by atoms with E-state index in [1.807, 2.05) is 6.07 Å². The summed E-state index contributed by atoms with van der Waals surface area (Å²) in [6, 6.07) is 11.3. The van der Waals surface area contributed by atoms with E-state index in [9.17, 15) is 14.3 Å². The molecule has 0 aromatic heterocycles. The van der Waals surface area contributed by atoms with Crippen LogP contribution >= 0.6 is 0 Å². The van der Waals surface area contributed by atoms with Crippen molar-refractivity contribution in [2.45, 2.75) is 0 Å². The topological polar surface area (TPSA) is 82.3 Å². The van der Waals surface area contributed by atoms with Crippen molar-refractivity contribution in [2.24, 2.45) is 0 Å². The Balaban J connectivity index is 2.09. The molecule has 0 heterocycles. The van der Waals surface area contributed by atoms with Gasteiger partial charge in [0.1, 0.15) is 23.4 Å². The molecule has 0 aliphatic rings. The van der Waals surface area contributed by atoms with Gasteiger partial charge in [-0.05, 0) is 42.5 Å². The summed E-state index contributed by atoms with van der Waals surface area (Å²) in [4.78, 5) is 11.9. The molecule has 2 rings (SSSR count). The van der Waals surface area contributed by atoms with Gasteiger partial charge in [0.2, 0.25) is 0 Å². The lowest BCUT2D eigenvalue weighted by Crippen LogP contribution is -2.12. The van der Waals surface area contributed by atoms with Crippen molar-refractivity contribution in [1.29, 1.82) is 5.26 Å². The van der Waals surface area contributed by atoms with Crippen LogP contribution in [0.15, 0.2) is 42.5 Å². The van der Waals surface area contributed by atoms with Crippen LogP contribution in [0.5, 0.6) is 11.5 Å². The lowest BCUT2D eigenvalue weighted by Gasteiger charge is -2.08. The maximum atomic E-state index is 13.1. The van der Waals surface area contributed by atoms with E-state index in [0.29, 0.717) is 11.4 Å². The molecule has 2 aromatic rings.